The molecule has 0 spiro atoms. The number of allylic oxidation sites excluding steroid dienone is 1. The molecule has 0 fully saturated rings. The molecule has 0 radical (unpaired) electrons. The number of aliphatic hydroxyl groups excluding tert-OH is 12. The molecule has 0 aromatic rings. The van der Waals surface area contributed by atoms with Gasteiger partial charge in [0.2, 0.25) is 0 Å². The lowest BCUT2D eigenvalue weighted by atomic mass is 9.88. The zero-order valence-corrected chi connectivity index (χ0v) is 47.9. The molecule has 18 N–H and O–H groups in total. The molecule has 0 aliphatic carbocycles. The maximum absolute atomic E-state index is 11.5. The van der Waals surface area contributed by atoms with Crippen molar-refractivity contribution in [3.8, 4) is 0 Å². The van der Waals surface area contributed by atoms with E-state index in [0.29, 0.717) is 59.5 Å². The van der Waals surface area contributed by atoms with E-state index < -0.39 is 89.6 Å². The maximum atomic E-state index is 11.5. The molecule has 7 unspecified atom stereocenters. The van der Waals surface area contributed by atoms with Gasteiger partial charge in [-0.2, -0.15) is 47.0 Å². The molecule has 0 aliphatic rings. The molecule has 0 aliphatic heterocycles. The van der Waals surface area contributed by atoms with Crippen molar-refractivity contribution in [1.29, 1.82) is 0 Å². The average molecular weight is 1220 g/mol. The Morgan fingerprint density at radius 3 is 1.25 bits per heavy atom. The fraction of sp³-hybridized carbons (Fsp3) is 0.804. The van der Waals surface area contributed by atoms with Crippen LogP contribution in [0.25, 0.3) is 0 Å². The number of aliphatic carboxylic acids is 6. The highest BCUT2D eigenvalue weighted by Gasteiger charge is 2.30. The first kappa shape index (κ1) is 85.6. The fourth-order valence-electron chi connectivity index (χ4n) is 4.05. The summed E-state index contributed by atoms with van der Waals surface area (Å²) in [6, 6.07) is 0. The third kappa shape index (κ3) is 69.4. The van der Waals surface area contributed by atoms with Crippen molar-refractivity contribution in [2.45, 2.75) is 102 Å². The van der Waals surface area contributed by atoms with Gasteiger partial charge >= 0.3 is 41.8 Å². The van der Waals surface area contributed by atoms with Crippen molar-refractivity contribution < 1.29 is 130 Å². The molecular formula is C46H88O26S5. The number of carboxylic acid groups (broad SMARTS) is 6. The number of hydrogen-bond acceptors (Lipinski definition) is 25. The zero-order valence-electron chi connectivity index (χ0n) is 43.8. The number of hydrogen-bond donors (Lipinski definition) is 18. The van der Waals surface area contributed by atoms with Crippen LogP contribution in [0.15, 0.2) is 12.7 Å². The van der Waals surface area contributed by atoms with Gasteiger partial charge in [-0.05, 0) is 43.6 Å². The number of carboxylic acids is 6. The molecule has 0 rings (SSSR count). The van der Waals surface area contributed by atoms with Crippen LogP contribution in [0.3, 0.4) is 0 Å². The Bertz CT molecular complexity index is 1460. The van der Waals surface area contributed by atoms with Crippen LogP contribution in [-0.4, -0.2) is 275 Å². The number of rotatable bonds is 42. The van der Waals surface area contributed by atoms with E-state index in [1.807, 2.05) is 0 Å². The van der Waals surface area contributed by atoms with Gasteiger partial charge in [0.15, 0.2) is 0 Å². The van der Waals surface area contributed by atoms with Crippen molar-refractivity contribution >= 4 is 101 Å². The normalized spacial score (nSPS) is 13.3. The largest absolute Gasteiger partial charge is 0.481 e. The Morgan fingerprint density at radius 2 is 0.896 bits per heavy atom. The molecule has 0 heterocycles. The highest BCUT2D eigenvalue weighted by atomic mass is 32.2. The van der Waals surface area contributed by atoms with Crippen LogP contribution in [0.4, 0.5) is 0 Å². The third-order valence-electron chi connectivity index (χ3n) is 8.86. The number of carbonyl (C=O) groups is 7. The van der Waals surface area contributed by atoms with Crippen LogP contribution in [0.5, 0.6) is 0 Å². The molecule has 0 aromatic heterocycles. The molecule has 77 heavy (non-hydrogen) atoms. The first-order chi connectivity index (χ1) is 36.2. The smallest absolute Gasteiger partial charge is 0.313 e. The Balaban J connectivity index is -0.000000199. The maximum Gasteiger partial charge on any atom is 0.313 e. The van der Waals surface area contributed by atoms with E-state index in [2.05, 4.69) is 6.58 Å². The van der Waals surface area contributed by atoms with Crippen molar-refractivity contribution in [3.05, 3.63) is 12.7 Å². The minimum absolute atomic E-state index is 0.0307. The zero-order chi connectivity index (χ0) is 60.6. The lowest BCUT2D eigenvalue weighted by molar-refractivity contribution is -0.155. The number of thioether (sulfide) groups is 5. The van der Waals surface area contributed by atoms with Crippen LogP contribution >= 0.6 is 58.8 Å². The fourth-order valence-corrected chi connectivity index (χ4v) is 8.44. The third-order valence-corrected chi connectivity index (χ3v) is 14.8. The summed E-state index contributed by atoms with van der Waals surface area (Å²) in [5.74, 6) is -2.64. The summed E-state index contributed by atoms with van der Waals surface area (Å²) in [5.41, 5.74) is -0.868. The van der Waals surface area contributed by atoms with Gasteiger partial charge in [0, 0.05) is 53.1 Å². The van der Waals surface area contributed by atoms with Crippen molar-refractivity contribution in [2.75, 3.05) is 110 Å². The first-order valence-electron chi connectivity index (χ1n) is 23.8. The molecule has 0 bridgehead atoms. The Hall–Kier alpha value is -2.70. The van der Waals surface area contributed by atoms with Crippen LogP contribution < -0.4 is 0 Å². The summed E-state index contributed by atoms with van der Waals surface area (Å²) in [6.45, 7) is 4.79. The molecule has 458 valence electrons. The predicted octanol–water partition coefficient (Wildman–Crippen LogP) is -0.659. The molecule has 26 nitrogen and oxygen atoms in total. The minimum Gasteiger partial charge on any atom is -0.481 e. The van der Waals surface area contributed by atoms with Crippen molar-refractivity contribution in [2.24, 2.45) is 17.3 Å². The highest BCUT2D eigenvalue weighted by Crippen LogP contribution is 2.22. The van der Waals surface area contributed by atoms with Gasteiger partial charge in [-0.3, -0.25) is 33.6 Å². The molecule has 0 saturated heterocycles. The minimum atomic E-state index is -1.08. The highest BCUT2D eigenvalue weighted by molar-refractivity contribution is 8.00. The topological polar surface area (TPSA) is 493 Å². The van der Waals surface area contributed by atoms with Gasteiger partial charge in [0.25, 0.3) is 0 Å². The summed E-state index contributed by atoms with van der Waals surface area (Å²) in [6.07, 6.45) is 0.824. The van der Waals surface area contributed by atoms with E-state index in [9.17, 15) is 43.8 Å². The molecule has 0 aromatic carbocycles. The standard InChI is InChI=1S/C13H22O6.C8H16O4S.2C7H14O4S.C6H12O4S.C5H10O4S/c1-3-5-10(12(17)18)6-11(16)19-9-13(4-2,7-14)8-15;9-5-7(10)6-13-4-2-1-3-8(11)12;1-5(7(10)11)3-12-4-6(9)2-8;8-4-6(9)5-12-3-1-2-7(10)11;7-3-5(8)4-11-2-1-6(9)10;6-1-4(7)2-10-3-5(8)9/h3,10,14-15H,1,4-9H2,2H3,(H,17,18);7,9-10H,1-6H2,(H,11,12);5-6,8-9H,2-4H2,1H3,(H,10,11);6,8-9H,1-5H2,(H,10,11);5,7-8H,1-4H2,(H,9,10);4,6-7H,1-3H2,(H,8,9). The second kappa shape index (κ2) is 60.9. The summed E-state index contributed by atoms with van der Waals surface area (Å²) >= 11 is 6.73. The molecule has 0 amide bonds. The lowest BCUT2D eigenvalue weighted by Gasteiger charge is -2.27. The van der Waals surface area contributed by atoms with Gasteiger partial charge in [0.1, 0.15) is 6.61 Å². The van der Waals surface area contributed by atoms with Gasteiger partial charge in [-0.15, -0.1) is 18.3 Å². The summed E-state index contributed by atoms with van der Waals surface area (Å²) in [4.78, 5) is 72.8. The average Bonchev–Trinajstić information content (AvgIpc) is 3.38. The van der Waals surface area contributed by atoms with E-state index in [-0.39, 0.29) is 96.5 Å². The second-order valence-corrected chi connectivity index (χ2v) is 21.7. The van der Waals surface area contributed by atoms with E-state index in [1.165, 1.54) is 53.1 Å². The van der Waals surface area contributed by atoms with Crippen LogP contribution in [0.1, 0.15) is 71.6 Å². The van der Waals surface area contributed by atoms with E-state index >= 15 is 0 Å². The number of carbonyl (C=O) groups excluding carboxylic acids is 1. The SMILES string of the molecule is C=CCC(CC(=O)OCC(CC)(CO)CO)C(=O)O.CC(CSCC(O)CO)C(=O)O.O=C(O)CCCCSCC(O)CO.O=C(O)CCCSCC(O)CO.O=C(O)CCSCC(O)CO.O=C(O)CSCC(O)CO. The lowest BCUT2D eigenvalue weighted by Crippen LogP contribution is -2.35. The molecular weight excluding hydrogens is 1130 g/mol. The Morgan fingerprint density at radius 1 is 0.506 bits per heavy atom. The number of esters is 1. The number of unbranched alkanes of at least 4 members (excludes halogenated alkanes) is 1. The molecule has 0 saturated carbocycles. The number of aliphatic hydroxyl groups is 12. The van der Waals surface area contributed by atoms with Crippen LogP contribution in [0, 0.1) is 17.3 Å². The van der Waals surface area contributed by atoms with Gasteiger partial charge in [0.05, 0.1) is 113 Å². The Labute approximate surface area is 471 Å². The predicted molar refractivity (Wildman–Crippen MR) is 296 cm³/mol. The van der Waals surface area contributed by atoms with E-state index in [4.69, 9.17) is 86.4 Å². The van der Waals surface area contributed by atoms with Crippen LogP contribution in [0.2, 0.25) is 0 Å². The summed E-state index contributed by atoms with van der Waals surface area (Å²) in [5, 5.41) is 155. The van der Waals surface area contributed by atoms with Crippen LogP contribution in [-0.2, 0) is 38.3 Å². The van der Waals surface area contributed by atoms with Crippen molar-refractivity contribution in [1.82, 2.24) is 0 Å². The summed E-state index contributed by atoms with van der Waals surface area (Å²) in [7, 11) is 0. The van der Waals surface area contributed by atoms with Gasteiger partial charge in [-0.1, -0.05) is 19.9 Å². The molecule has 31 heteroatoms. The second-order valence-electron chi connectivity index (χ2n) is 16.2. The Kier molecular flexibility index (Phi) is 67.7. The van der Waals surface area contributed by atoms with Gasteiger partial charge < -0.3 is 96.7 Å². The van der Waals surface area contributed by atoms with E-state index in [1.54, 1.807) is 13.8 Å². The first-order valence-corrected chi connectivity index (χ1v) is 29.6. The van der Waals surface area contributed by atoms with Gasteiger partial charge in [-0.25, -0.2) is 0 Å². The molecule has 7 atom stereocenters. The van der Waals surface area contributed by atoms with E-state index in [0.717, 1.165) is 23.9 Å². The number of ether oxygens (including phenoxy) is 1. The quantitative estimate of drug-likeness (QED) is 0.0205. The summed E-state index contributed by atoms with van der Waals surface area (Å²) < 4.78 is 4.95. The monoisotopic (exact) mass is 1220 g/mol. The van der Waals surface area contributed by atoms with Crippen molar-refractivity contribution in [3.63, 3.8) is 0 Å².